The smallest absolute Gasteiger partial charge is 0.0801 e. The molecular weight excluding hydrogens is 196 g/mol. The van der Waals surface area contributed by atoms with Crippen LogP contribution in [-0.2, 0) is 18.3 Å². The lowest BCUT2D eigenvalue weighted by atomic mass is 9.82. The molecule has 0 unspecified atom stereocenters. The average Bonchev–Trinajstić information content (AvgIpc) is 2.47. The third kappa shape index (κ3) is 1.41. The molecule has 0 amide bonds. The van der Waals surface area contributed by atoms with Crippen LogP contribution in [-0.4, -0.2) is 5.11 Å². The fourth-order valence-electron chi connectivity index (χ4n) is 3.37. The molecule has 16 heavy (non-hydrogen) atoms. The van der Waals surface area contributed by atoms with Crippen LogP contribution < -0.4 is 0 Å². The maximum Gasteiger partial charge on any atom is 0.0801 e. The van der Waals surface area contributed by atoms with Gasteiger partial charge >= 0.3 is 0 Å². The zero-order valence-corrected chi connectivity index (χ0v) is 10.2. The molecule has 1 aromatic rings. The van der Waals surface area contributed by atoms with E-state index in [9.17, 15) is 5.11 Å². The van der Waals surface area contributed by atoms with Crippen LogP contribution in [0.3, 0.4) is 0 Å². The summed E-state index contributed by atoms with van der Waals surface area (Å²) in [6.07, 6.45) is 5.72. The van der Waals surface area contributed by atoms with Crippen LogP contribution in [0, 0.1) is 0 Å². The van der Waals surface area contributed by atoms with E-state index in [-0.39, 0.29) is 11.5 Å². The Kier molecular flexibility index (Phi) is 2.16. The van der Waals surface area contributed by atoms with E-state index >= 15 is 0 Å². The summed E-state index contributed by atoms with van der Waals surface area (Å²) in [7, 11) is 0. The summed E-state index contributed by atoms with van der Waals surface area (Å²) in [6, 6.07) is 4.66. The first-order valence-electron chi connectivity index (χ1n) is 6.42. The molecule has 1 atom stereocenters. The van der Waals surface area contributed by atoms with Crippen molar-refractivity contribution in [2.24, 2.45) is 0 Å². The molecule has 2 aliphatic rings. The third-order valence-corrected chi connectivity index (χ3v) is 4.31. The number of rotatable bonds is 0. The lowest BCUT2D eigenvalue weighted by Gasteiger charge is -2.22. The number of hydrogen-bond donors (Lipinski definition) is 1. The Hall–Kier alpha value is -0.820. The van der Waals surface area contributed by atoms with Gasteiger partial charge in [0.2, 0.25) is 0 Å². The molecule has 1 aromatic carbocycles. The van der Waals surface area contributed by atoms with Gasteiger partial charge in [0.05, 0.1) is 6.10 Å². The number of aryl methyl sites for hydroxylation is 2. The average molecular weight is 216 g/mol. The number of fused-ring (bicyclic) bond motifs is 2. The number of hydrogen-bond acceptors (Lipinski definition) is 1. The highest BCUT2D eigenvalue weighted by Gasteiger charge is 2.36. The van der Waals surface area contributed by atoms with E-state index in [4.69, 9.17) is 0 Å². The van der Waals surface area contributed by atoms with Crippen LogP contribution in [0.4, 0.5) is 0 Å². The van der Waals surface area contributed by atoms with E-state index in [1.54, 1.807) is 0 Å². The van der Waals surface area contributed by atoms with Gasteiger partial charge in [-0.25, -0.2) is 0 Å². The van der Waals surface area contributed by atoms with E-state index in [0.29, 0.717) is 0 Å². The normalized spacial score (nSPS) is 26.3. The number of aliphatic hydroxyl groups is 1. The van der Waals surface area contributed by atoms with Crippen molar-refractivity contribution in [2.75, 3.05) is 0 Å². The first-order valence-corrected chi connectivity index (χ1v) is 6.42. The molecule has 0 heterocycles. The van der Waals surface area contributed by atoms with Gasteiger partial charge in [-0.15, -0.1) is 0 Å². The Morgan fingerprint density at radius 2 is 1.75 bits per heavy atom. The molecule has 0 bridgehead atoms. The van der Waals surface area contributed by atoms with Crippen LogP contribution in [0.1, 0.15) is 61.5 Å². The Balaban J connectivity index is 2.16. The Morgan fingerprint density at radius 1 is 1.12 bits per heavy atom. The number of aliphatic hydroxyl groups excluding tert-OH is 1. The van der Waals surface area contributed by atoms with Gasteiger partial charge < -0.3 is 5.11 Å². The van der Waals surface area contributed by atoms with E-state index < -0.39 is 0 Å². The lowest BCUT2D eigenvalue weighted by molar-refractivity contribution is 0.161. The fourth-order valence-corrected chi connectivity index (χ4v) is 3.37. The number of benzene rings is 1. The molecule has 0 saturated carbocycles. The minimum Gasteiger partial charge on any atom is -0.388 e. The summed E-state index contributed by atoms with van der Waals surface area (Å²) in [5.74, 6) is 0. The van der Waals surface area contributed by atoms with Gasteiger partial charge in [-0.05, 0) is 59.8 Å². The summed E-state index contributed by atoms with van der Waals surface area (Å²) in [5, 5.41) is 10.1. The van der Waals surface area contributed by atoms with Gasteiger partial charge in [0, 0.05) is 0 Å². The van der Waals surface area contributed by atoms with Gasteiger partial charge in [0.15, 0.2) is 0 Å². The molecule has 0 aliphatic heterocycles. The fraction of sp³-hybridized carbons (Fsp3) is 0.600. The van der Waals surface area contributed by atoms with Crippen LogP contribution >= 0.6 is 0 Å². The summed E-state index contributed by atoms with van der Waals surface area (Å²) >= 11 is 0. The summed E-state index contributed by atoms with van der Waals surface area (Å²) in [6.45, 7) is 4.49. The Labute approximate surface area is 97.5 Å². The SMILES string of the molecule is CC1(C)C[C@H](O)c2cc3c(cc21)CCCC3. The second-order valence-electron chi connectivity index (χ2n) is 6.02. The highest BCUT2D eigenvalue weighted by Crippen LogP contribution is 2.46. The highest BCUT2D eigenvalue weighted by molar-refractivity contribution is 5.47. The molecule has 0 radical (unpaired) electrons. The molecule has 3 rings (SSSR count). The maximum absolute atomic E-state index is 10.1. The van der Waals surface area contributed by atoms with Crippen LogP contribution in [0.15, 0.2) is 12.1 Å². The van der Waals surface area contributed by atoms with Crippen molar-refractivity contribution in [3.05, 3.63) is 34.4 Å². The minimum absolute atomic E-state index is 0.154. The Morgan fingerprint density at radius 3 is 2.44 bits per heavy atom. The molecule has 0 spiro atoms. The van der Waals surface area contributed by atoms with Crippen LogP contribution in [0.25, 0.3) is 0 Å². The van der Waals surface area contributed by atoms with Gasteiger partial charge in [-0.3, -0.25) is 0 Å². The van der Waals surface area contributed by atoms with Gasteiger partial charge in [0.1, 0.15) is 0 Å². The summed E-state index contributed by atoms with van der Waals surface area (Å²) in [5.41, 5.74) is 5.77. The molecule has 1 nitrogen and oxygen atoms in total. The Bertz CT molecular complexity index is 431. The van der Waals surface area contributed by atoms with Crippen molar-refractivity contribution in [2.45, 2.75) is 57.5 Å². The van der Waals surface area contributed by atoms with Crippen molar-refractivity contribution in [1.82, 2.24) is 0 Å². The molecule has 0 saturated heterocycles. The molecule has 0 aromatic heterocycles. The molecular formula is C15H20O. The van der Waals surface area contributed by atoms with Crippen molar-refractivity contribution in [1.29, 1.82) is 0 Å². The van der Waals surface area contributed by atoms with Gasteiger partial charge in [-0.2, -0.15) is 0 Å². The van der Waals surface area contributed by atoms with E-state index in [2.05, 4.69) is 26.0 Å². The van der Waals surface area contributed by atoms with Gasteiger partial charge in [0.25, 0.3) is 0 Å². The van der Waals surface area contributed by atoms with Gasteiger partial charge in [-0.1, -0.05) is 26.0 Å². The lowest BCUT2D eigenvalue weighted by Crippen LogP contribution is -2.13. The minimum atomic E-state index is -0.239. The first kappa shape index (κ1) is 10.3. The molecule has 1 N–H and O–H groups in total. The van der Waals surface area contributed by atoms with Crippen LogP contribution in [0.5, 0.6) is 0 Å². The van der Waals surface area contributed by atoms with E-state index in [1.165, 1.54) is 47.9 Å². The second-order valence-corrected chi connectivity index (χ2v) is 6.02. The molecule has 0 fully saturated rings. The third-order valence-electron chi connectivity index (χ3n) is 4.31. The van der Waals surface area contributed by atoms with Crippen molar-refractivity contribution >= 4 is 0 Å². The maximum atomic E-state index is 10.1. The zero-order valence-electron chi connectivity index (χ0n) is 10.2. The largest absolute Gasteiger partial charge is 0.388 e. The highest BCUT2D eigenvalue weighted by atomic mass is 16.3. The molecule has 86 valence electrons. The quantitative estimate of drug-likeness (QED) is 0.705. The topological polar surface area (TPSA) is 20.2 Å². The summed E-state index contributed by atoms with van der Waals surface area (Å²) in [4.78, 5) is 0. The predicted octanol–water partition coefficient (Wildman–Crippen LogP) is 3.28. The van der Waals surface area contributed by atoms with Crippen molar-refractivity contribution in [3.8, 4) is 0 Å². The van der Waals surface area contributed by atoms with Crippen molar-refractivity contribution in [3.63, 3.8) is 0 Å². The van der Waals surface area contributed by atoms with E-state index in [1.807, 2.05) is 0 Å². The van der Waals surface area contributed by atoms with Crippen molar-refractivity contribution < 1.29 is 5.11 Å². The standard InChI is InChI=1S/C15H20O/c1-15(2)9-14(16)12-7-10-5-3-4-6-11(10)8-13(12)15/h7-8,14,16H,3-6,9H2,1-2H3/t14-/m0/s1. The first-order chi connectivity index (χ1) is 7.58. The van der Waals surface area contributed by atoms with Crippen LogP contribution in [0.2, 0.25) is 0 Å². The zero-order chi connectivity index (χ0) is 11.3. The van der Waals surface area contributed by atoms with E-state index in [0.717, 1.165) is 6.42 Å². The second kappa shape index (κ2) is 3.33. The predicted molar refractivity (Wildman–Crippen MR) is 65.7 cm³/mol. The summed E-state index contributed by atoms with van der Waals surface area (Å²) < 4.78 is 0. The molecule has 1 heteroatoms. The molecule has 2 aliphatic carbocycles. The monoisotopic (exact) mass is 216 g/mol.